The van der Waals surface area contributed by atoms with Gasteiger partial charge in [0.2, 0.25) is 0 Å². The molecule has 1 aliphatic rings. The number of alkyl carbamates (subject to hydrolysis) is 1. The molecule has 0 unspecified atom stereocenters. The quantitative estimate of drug-likeness (QED) is 0.304. The molecule has 0 radical (unpaired) electrons. The van der Waals surface area contributed by atoms with Crippen molar-refractivity contribution in [2.75, 3.05) is 5.32 Å². The van der Waals surface area contributed by atoms with Crippen molar-refractivity contribution in [3.8, 4) is 17.0 Å². The Kier molecular flexibility index (Phi) is 7.80. The minimum atomic E-state index is -0.545. The Labute approximate surface area is 225 Å². The molecule has 10 heteroatoms. The number of phenolic OH excluding ortho intramolecular Hbond substituents is 1. The van der Waals surface area contributed by atoms with Crippen LogP contribution in [0, 0.1) is 0 Å². The molecule has 0 aliphatic heterocycles. The van der Waals surface area contributed by atoms with Gasteiger partial charge in [0.1, 0.15) is 11.1 Å². The van der Waals surface area contributed by atoms with Crippen LogP contribution in [0.4, 0.5) is 10.5 Å². The van der Waals surface area contributed by atoms with Crippen molar-refractivity contribution in [2.24, 2.45) is 0 Å². The van der Waals surface area contributed by atoms with Crippen LogP contribution in [0.5, 0.6) is 5.75 Å². The predicted octanol–water partition coefficient (Wildman–Crippen LogP) is 6.76. The number of hydrogen-bond donors (Lipinski definition) is 3. The third-order valence-corrected chi connectivity index (χ3v) is 6.78. The van der Waals surface area contributed by atoms with Crippen LogP contribution in [0.3, 0.4) is 0 Å². The van der Waals surface area contributed by atoms with E-state index in [-0.39, 0.29) is 33.7 Å². The molecule has 2 heterocycles. The lowest BCUT2D eigenvalue weighted by Gasteiger charge is -2.31. The van der Waals surface area contributed by atoms with E-state index in [4.69, 9.17) is 32.9 Å². The Bertz CT molecular complexity index is 1330. The second-order valence-electron chi connectivity index (χ2n) is 10.3. The Hall–Kier alpha value is -3.10. The number of benzene rings is 1. The summed E-state index contributed by atoms with van der Waals surface area (Å²) in [5, 5.41) is 16.6. The maximum absolute atomic E-state index is 12.5. The zero-order chi connectivity index (χ0) is 26.9. The average molecular weight is 545 g/mol. The lowest BCUT2D eigenvalue weighted by Crippen LogP contribution is -2.42. The molecule has 0 saturated heterocycles. The molecule has 196 valence electrons. The number of carbonyl (C=O) groups excluding carboxylic acids is 2. The van der Waals surface area contributed by atoms with Crippen LogP contribution in [0.15, 0.2) is 30.5 Å². The summed E-state index contributed by atoms with van der Waals surface area (Å²) in [6.45, 7) is 7.01. The number of hydrogen-bond acceptors (Lipinski definition) is 7. The van der Waals surface area contributed by atoms with E-state index in [0.717, 1.165) is 25.7 Å². The molecule has 0 bridgehead atoms. The third-order valence-electron chi connectivity index (χ3n) is 6.20. The van der Waals surface area contributed by atoms with Crippen molar-refractivity contribution in [1.29, 1.82) is 0 Å². The van der Waals surface area contributed by atoms with E-state index in [9.17, 15) is 14.7 Å². The summed E-state index contributed by atoms with van der Waals surface area (Å²) in [4.78, 5) is 33.9. The van der Waals surface area contributed by atoms with Gasteiger partial charge in [-0.1, -0.05) is 23.2 Å². The van der Waals surface area contributed by atoms with Gasteiger partial charge in [-0.05, 0) is 77.6 Å². The van der Waals surface area contributed by atoms with Crippen LogP contribution in [-0.2, 0) is 4.74 Å². The first-order valence-electron chi connectivity index (χ1n) is 12.2. The molecule has 0 atom stereocenters. The fraction of sp³-hybridized carbons (Fsp3) is 0.407. The number of anilines is 1. The summed E-state index contributed by atoms with van der Waals surface area (Å²) in [6.07, 6.45) is 4.30. The van der Waals surface area contributed by atoms with Gasteiger partial charge in [-0.25, -0.2) is 9.78 Å². The second-order valence-corrected chi connectivity index (χ2v) is 11.1. The fourth-order valence-corrected chi connectivity index (χ4v) is 4.90. The van der Waals surface area contributed by atoms with E-state index in [1.165, 1.54) is 6.92 Å². The van der Waals surface area contributed by atoms with Gasteiger partial charge in [0.15, 0.2) is 11.5 Å². The molecular weight excluding hydrogens is 515 g/mol. The third kappa shape index (κ3) is 6.43. The summed E-state index contributed by atoms with van der Waals surface area (Å²) in [6, 6.07) is 6.91. The standard InChI is InChI=1S/C27H30Cl2N4O4/c1-14(34)18-13-30-22-10-9-21(15-11-19(28)25(35)20(29)12-15)33-24(22)23(18)31-16-5-7-17(8-6-16)32-26(36)37-27(2,3)4/h9-13,16-17,35H,5-8H2,1-4H3,(H,30,31)(H,32,36)/t16-,17-. The molecule has 3 aromatic rings. The number of carbonyl (C=O) groups is 2. The average Bonchev–Trinajstić information content (AvgIpc) is 2.82. The minimum Gasteiger partial charge on any atom is -0.505 e. The number of rotatable bonds is 5. The smallest absolute Gasteiger partial charge is 0.407 e. The number of halogens is 2. The van der Waals surface area contributed by atoms with Gasteiger partial charge >= 0.3 is 6.09 Å². The monoisotopic (exact) mass is 544 g/mol. The minimum absolute atomic E-state index is 0.0306. The highest BCUT2D eigenvalue weighted by Gasteiger charge is 2.26. The van der Waals surface area contributed by atoms with E-state index >= 15 is 0 Å². The molecule has 8 nitrogen and oxygen atoms in total. The number of ether oxygens (including phenoxy) is 1. The predicted molar refractivity (Wildman–Crippen MR) is 146 cm³/mol. The molecule has 0 spiro atoms. The van der Waals surface area contributed by atoms with Crippen LogP contribution in [-0.4, -0.2) is 44.6 Å². The molecule has 2 aromatic heterocycles. The Morgan fingerprint density at radius 1 is 1.05 bits per heavy atom. The van der Waals surface area contributed by atoms with Gasteiger partial charge in [0.25, 0.3) is 0 Å². The summed E-state index contributed by atoms with van der Waals surface area (Å²) in [5.74, 6) is -0.312. The topological polar surface area (TPSA) is 113 Å². The van der Waals surface area contributed by atoms with Crippen molar-refractivity contribution in [3.05, 3.63) is 46.1 Å². The number of phenols is 1. The maximum Gasteiger partial charge on any atom is 0.407 e. The van der Waals surface area contributed by atoms with E-state index < -0.39 is 11.7 Å². The number of aromatic hydroxyl groups is 1. The Morgan fingerprint density at radius 2 is 1.68 bits per heavy atom. The first-order valence-corrected chi connectivity index (χ1v) is 12.9. The Balaban J connectivity index is 1.59. The van der Waals surface area contributed by atoms with Gasteiger partial charge in [-0.15, -0.1) is 0 Å². The lowest BCUT2D eigenvalue weighted by atomic mass is 9.90. The molecule has 1 saturated carbocycles. The number of amides is 1. The van der Waals surface area contributed by atoms with Crippen molar-refractivity contribution in [2.45, 2.75) is 71.1 Å². The zero-order valence-electron chi connectivity index (χ0n) is 21.2. The number of nitrogens with zero attached hydrogens (tertiary/aromatic N) is 2. The maximum atomic E-state index is 12.5. The van der Waals surface area contributed by atoms with Gasteiger partial charge < -0.3 is 20.5 Å². The number of nitrogens with one attached hydrogen (secondary N) is 2. The van der Waals surface area contributed by atoms with E-state index in [1.54, 1.807) is 24.4 Å². The van der Waals surface area contributed by atoms with Crippen LogP contribution in [0.25, 0.3) is 22.3 Å². The molecular formula is C27H30Cl2N4O4. The first-order chi connectivity index (χ1) is 17.4. The van der Waals surface area contributed by atoms with Gasteiger partial charge in [0.05, 0.1) is 32.5 Å². The molecule has 4 rings (SSSR count). The molecule has 3 N–H and O–H groups in total. The summed E-state index contributed by atoms with van der Waals surface area (Å²) < 4.78 is 5.37. The van der Waals surface area contributed by atoms with Gasteiger partial charge in [-0.2, -0.15) is 0 Å². The van der Waals surface area contributed by atoms with Crippen molar-refractivity contribution in [1.82, 2.24) is 15.3 Å². The van der Waals surface area contributed by atoms with Gasteiger partial charge in [-0.3, -0.25) is 9.78 Å². The summed E-state index contributed by atoms with van der Waals surface area (Å²) >= 11 is 12.2. The van der Waals surface area contributed by atoms with E-state index in [2.05, 4.69) is 15.6 Å². The zero-order valence-corrected chi connectivity index (χ0v) is 22.7. The Morgan fingerprint density at radius 3 is 2.27 bits per heavy atom. The van der Waals surface area contributed by atoms with Crippen LogP contribution < -0.4 is 10.6 Å². The SMILES string of the molecule is CC(=O)c1cnc2ccc(-c3cc(Cl)c(O)c(Cl)c3)nc2c1N[C@H]1CC[C@H](NC(=O)OC(C)(C)C)CC1. The largest absolute Gasteiger partial charge is 0.505 e. The molecule has 1 aromatic carbocycles. The number of aromatic nitrogens is 2. The number of ketones is 1. The normalized spacial score (nSPS) is 17.9. The number of pyridine rings is 2. The van der Waals surface area contributed by atoms with Crippen LogP contribution in [0.1, 0.15) is 63.7 Å². The highest BCUT2D eigenvalue weighted by Crippen LogP contribution is 2.37. The number of Topliss-reactive ketones (excluding diaryl/α,β-unsaturated/α-hetero) is 1. The molecule has 1 aliphatic carbocycles. The van der Waals surface area contributed by atoms with Crippen molar-refractivity contribution in [3.63, 3.8) is 0 Å². The van der Waals surface area contributed by atoms with Crippen LogP contribution in [0.2, 0.25) is 10.0 Å². The van der Waals surface area contributed by atoms with Crippen molar-refractivity contribution < 1.29 is 19.4 Å². The summed E-state index contributed by atoms with van der Waals surface area (Å²) in [7, 11) is 0. The molecule has 37 heavy (non-hydrogen) atoms. The summed E-state index contributed by atoms with van der Waals surface area (Å²) in [5.41, 5.74) is 2.92. The lowest BCUT2D eigenvalue weighted by molar-refractivity contribution is 0.0492. The first kappa shape index (κ1) is 26.9. The fourth-order valence-electron chi connectivity index (χ4n) is 4.41. The van der Waals surface area contributed by atoms with Crippen molar-refractivity contribution >= 4 is 51.8 Å². The van der Waals surface area contributed by atoms with E-state index in [1.807, 2.05) is 26.8 Å². The number of fused-ring (bicyclic) bond motifs is 1. The van der Waals surface area contributed by atoms with Crippen LogP contribution >= 0.6 is 23.2 Å². The highest BCUT2D eigenvalue weighted by atomic mass is 35.5. The molecule has 1 fully saturated rings. The second kappa shape index (κ2) is 10.7. The highest BCUT2D eigenvalue weighted by molar-refractivity contribution is 6.37. The van der Waals surface area contributed by atoms with Gasteiger partial charge in [0, 0.05) is 23.8 Å². The van der Waals surface area contributed by atoms with E-state index in [0.29, 0.717) is 33.5 Å². The molecule has 1 amide bonds.